The SMILES string of the molecule is COC1(C(O)c2cc(F)ccc2Cl)CCOCC1. The molecule has 1 fully saturated rings. The van der Waals surface area contributed by atoms with Crippen molar-refractivity contribution in [3.05, 3.63) is 34.6 Å². The van der Waals surface area contributed by atoms with Gasteiger partial charge in [-0.05, 0) is 18.2 Å². The average Bonchev–Trinajstić information content (AvgIpc) is 2.41. The fraction of sp³-hybridized carbons (Fsp3) is 0.538. The molecule has 5 heteroatoms. The first-order valence-electron chi connectivity index (χ1n) is 5.85. The van der Waals surface area contributed by atoms with Crippen LogP contribution in [0.1, 0.15) is 24.5 Å². The molecule has 3 nitrogen and oxygen atoms in total. The number of hydrogen-bond donors (Lipinski definition) is 1. The second kappa shape index (κ2) is 5.53. The van der Waals surface area contributed by atoms with E-state index in [1.54, 1.807) is 7.11 Å². The van der Waals surface area contributed by atoms with Crippen LogP contribution >= 0.6 is 11.6 Å². The zero-order valence-electron chi connectivity index (χ0n) is 10.2. The normalized spacial score (nSPS) is 20.7. The lowest BCUT2D eigenvalue weighted by atomic mass is 9.84. The molecule has 18 heavy (non-hydrogen) atoms. The summed E-state index contributed by atoms with van der Waals surface area (Å²) >= 11 is 6.02. The Bertz CT molecular complexity index is 419. The molecule has 1 saturated heterocycles. The molecule has 1 aliphatic rings. The van der Waals surface area contributed by atoms with Crippen molar-refractivity contribution in [2.75, 3.05) is 20.3 Å². The van der Waals surface area contributed by atoms with Crippen LogP contribution < -0.4 is 0 Å². The molecule has 1 aromatic carbocycles. The highest BCUT2D eigenvalue weighted by atomic mass is 35.5. The van der Waals surface area contributed by atoms with E-state index >= 15 is 0 Å². The van der Waals surface area contributed by atoms with Gasteiger partial charge in [0.2, 0.25) is 0 Å². The maximum absolute atomic E-state index is 13.3. The Hall–Kier alpha value is -0.680. The van der Waals surface area contributed by atoms with Crippen LogP contribution in [0, 0.1) is 5.82 Å². The van der Waals surface area contributed by atoms with Crippen molar-refractivity contribution in [2.24, 2.45) is 0 Å². The molecule has 1 aliphatic heterocycles. The number of halogens is 2. The predicted molar refractivity (Wildman–Crippen MR) is 66.2 cm³/mol. The third kappa shape index (κ3) is 2.52. The van der Waals surface area contributed by atoms with Gasteiger partial charge in [-0.15, -0.1) is 0 Å². The highest BCUT2D eigenvalue weighted by Gasteiger charge is 2.41. The van der Waals surface area contributed by atoms with E-state index in [0.717, 1.165) is 0 Å². The van der Waals surface area contributed by atoms with Gasteiger partial charge in [-0.3, -0.25) is 0 Å². The first-order chi connectivity index (χ1) is 8.59. The summed E-state index contributed by atoms with van der Waals surface area (Å²) in [5, 5.41) is 10.8. The van der Waals surface area contributed by atoms with Gasteiger partial charge in [0.25, 0.3) is 0 Å². The van der Waals surface area contributed by atoms with E-state index < -0.39 is 17.5 Å². The minimum Gasteiger partial charge on any atom is -0.385 e. The Balaban J connectivity index is 2.33. The summed E-state index contributed by atoms with van der Waals surface area (Å²) in [6, 6.07) is 3.96. The highest BCUT2D eigenvalue weighted by Crippen LogP contribution is 2.39. The van der Waals surface area contributed by atoms with Crippen LogP contribution in [-0.4, -0.2) is 31.0 Å². The molecule has 0 aliphatic carbocycles. The first-order valence-corrected chi connectivity index (χ1v) is 6.23. The van der Waals surface area contributed by atoms with Crippen molar-refractivity contribution in [3.8, 4) is 0 Å². The topological polar surface area (TPSA) is 38.7 Å². The molecular formula is C13H16ClFO3. The van der Waals surface area contributed by atoms with E-state index in [0.29, 0.717) is 36.6 Å². The number of rotatable bonds is 3. The van der Waals surface area contributed by atoms with Gasteiger partial charge in [0.15, 0.2) is 0 Å². The van der Waals surface area contributed by atoms with Gasteiger partial charge >= 0.3 is 0 Å². The van der Waals surface area contributed by atoms with Crippen molar-refractivity contribution in [2.45, 2.75) is 24.5 Å². The van der Waals surface area contributed by atoms with E-state index in [2.05, 4.69) is 0 Å². The maximum atomic E-state index is 13.3. The smallest absolute Gasteiger partial charge is 0.123 e. The lowest BCUT2D eigenvalue weighted by Gasteiger charge is -2.40. The first kappa shape index (κ1) is 13.7. The van der Waals surface area contributed by atoms with Crippen LogP contribution in [0.2, 0.25) is 5.02 Å². The largest absolute Gasteiger partial charge is 0.385 e. The summed E-state index contributed by atoms with van der Waals surface area (Å²) in [7, 11) is 1.54. The van der Waals surface area contributed by atoms with E-state index in [4.69, 9.17) is 21.1 Å². The number of aliphatic hydroxyl groups excluding tert-OH is 1. The van der Waals surface area contributed by atoms with Crippen molar-refractivity contribution in [3.63, 3.8) is 0 Å². The number of benzene rings is 1. The molecule has 2 rings (SSSR count). The fourth-order valence-corrected chi connectivity index (χ4v) is 2.53. The van der Waals surface area contributed by atoms with Crippen LogP contribution in [0.4, 0.5) is 4.39 Å². The van der Waals surface area contributed by atoms with Gasteiger partial charge in [-0.1, -0.05) is 11.6 Å². The summed E-state index contributed by atoms with van der Waals surface area (Å²) in [4.78, 5) is 0. The van der Waals surface area contributed by atoms with Crippen molar-refractivity contribution in [1.29, 1.82) is 0 Å². The quantitative estimate of drug-likeness (QED) is 0.921. The van der Waals surface area contributed by atoms with Crippen LogP contribution in [0.15, 0.2) is 18.2 Å². The van der Waals surface area contributed by atoms with E-state index in [-0.39, 0.29) is 0 Å². The van der Waals surface area contributed by atoms with Crippen LogP contribution in [0.25, 0.3) is 0 Å². The molecule has 100 valence electrons. The molecule has 0 bridgehead atoms. The Morgan fingerprint density at radius 1 is 1.44 bits per heavy atom. The second-order valence-electron chi connectivity index (χ2n) is 4.45. The van der Waals surface area contributed by atoms with E-state index in [9.17, 15) is 9.50 Å². The molecule has 1 N–H and O–H groups in total. The standard InChI is InChI=1S/C13H16ClFO3/c1-17-13(4-6-18-7-5-13)12(16)10-8-9(15)2-3-11(10)14/h2-3,8,12,16H,4-7H2,1H3. The Morgan fingerprint density at radius 2 is 2.11 bits per heavy atom. The van der Waals surface area contributed by atoms with E-state index in [1.165, 1.54) is 18.2 Å². The zero-order valence-corrected chi connectivity index (χ0v) is 10.9. The monoisotopic (exact) mass is 274 g/mol. The third-order valence-electron chi connectivity index (χ3n) is 3.50. The van der Waals surface area contributed by atoms with Crippen LogP contribution in [0.3, 0.4) is 0 Å². The van der Waals surface area contributed by atoms with Crippen LogP contribution in [-0.2, 0) is 9.47 Å². The third-order valence-corrected chi connectivity index (χ3v) is 3.84. The molecule has 1 heterocycles. The molecule has 1 aromatic rings. The van der Waals surface area contributed by atoms with Gasteiger partial charge < -0.3 is 14.6 Å². The molecule has 1 unspecified atom stereocenters. The van der Waals surface area contributed by atoms with Gasteiger partial charge in [-0.25, -0.2) is 4.39 Å². The zero-order chi connectivity index (χ0) is 13.2. The Labute approximate surface area is 110 Å². The molecule has 0 saturated carbocycles. The number of hydrogen-bond acceptors (Lipinski definition) is 3. The number of ether oxygens (including phenoxy) is 2. The minimum absolute atomic E-state index is 0.340. The Morgan fingerprint density at radius 3 is 2.72 bits per heavy atom. The highest BCUT2D eigenvalue weighted by molar-refractivity contribution is 6.31. The van der Waals surface area contributed by atoms with E-state index in [1.807, 2.05) is 0 Å². The predicted octanol–water partition coefficient (Wildman–Crippen LogP) is 2.71. The van der Waals surface area contributed by atoms with Crippen LogP contribution in [0.5, 0.6) is 0 Å². The molecular weight excluding hydrogens is 259 g/mol. The second-order valence-corrected chi connectivity index (χ2v) is 4.86. The van der Waals surface area contributed by atoms with Gasteiger partial charge in [0.05, 0.1) is 0 Å². The summed E-state index contributed by atoms with van der Waals surface area (Å²) in [5.41, 5.74) is -0.393. The molecule has 0 aromatic heterocycles. The summed E-state index contributed by atoms with van der Waals surface area (Å²) in [6.07, 6.45) is 0.143. The van der Waals surface area contributed by atoms with Gasteiger partial charge in [-0.2, -0.15) is 0 Å². The summed E-state index contributed by atoms with van der Waals surface area (Å²) in [6.45, 7) is 1.02. The number of aliphatic hydroxyl groups is 1. The minimum atomic E-state index is -0.963. The summed E-state index contributed by atoms with van der Waals surface area (Å²) in [5.74, 6) is -0.424. The summed E-state index contributed by atoms with van der Waals surface area (Å²) < 4.78 is 24.0. The number of methoxy groups -OCH3 is 1. The fourth-order valence-electron chi connectivity index (χ4n) is 2.31. The molecule has 0 amide bonds. The van der Waals surface area contributed by atoms with Gasteiger partial charge in [0.1, 0.15) is 17.5 Å². The molecule has 0 spiro atoms. The van der Waals surface area contributed by atoms with Crippen molar-refractivity contribution in [1.82, 2.24) is 0 Å². The lowest BCUT2D eigenvalue weighted by molar-refractivity contribution is -0.154. The lowest BCUT2D eigenvalue weighted by Crippen LogP contribution is -2.43. The average molecular weight is 275 g/mol. The maximum Gasteiger partial charge on any atom is 0.123 e. The van der Waals surface area contributed by atoms with Crippen molar-refractivity contribution >= 4 is 11.6 Å². The van der Waals surface area contributed by atoms with Gasteiger partial charge in [0, 0.05) is 43.8 Å². The molecule has 1 atom stereocenters. The van der Waals surface area contributed by atoms with Crippen molar-refractivity contribution < 1.29 is 19.0 Å². The molecule has 0 radical (unpaired) electrons. The Kier molecular flexibility index (Phi) is 4.22.